The van der Waals surface area contributed by atoms with Crippen LogP contribution >= 0.6 is 27.5 Å². The van der Waals surface area contributed by atoms with Gasteiger partial charge in [-0.2, -0.15) is 8.78 Å². The van der Waals surface area contributed by atoms with Gasteiger partial charge in [0.05, 0.1) is 0 Å². The molecule has 1 unspecified atom stereocenters. The molecule has 0 aliphatic heterocycles. The second-order valence-corrected chi connectivity index (χ2v) is 3.90. The van der Waals surface area contributed by atoms with Crippen molar-refractivity contribution in [1.29, 1.82) is 0 Å². The Balaban J connectivity index is 3.64. The van der Waals surface area contributed by atoms with Crippen molar-refractivity contribution in [3.63, 3.8) is 0 Å². The minimum Gasteiger partial charge on any atom is -0.188 e. The molecule has 0 rings (SSSR count). The molecule has 0 aliphatic carbocycles. The number of hydrogen-bond donors (Lipinski definition) is 0. The smallest absolute Gasteiger partial charge is 0.188 e. The molecule has 1 atom stereocenters. The molecule has 0 amide bonds. The summed E-state index contributed by atoms with van der Waals surface area (Å²) in [7, 11) is 0. The predicted octanol–water partition coefficient (Wildman–Crippen LogP) is 4.19. The third-order valence-corrected chi connectivity index (χ3v) is 2.66. The van der Waals surface area contributed by atoms with E-state index in [4.69, 9.17) is 11.6 Å². The molecule has 0 radical (unpaired) electrons. The number of alkyl halides is 4. The Morgan fingerprint density at radius 1 is 1.58 bits per heavy atom. The monoisotopic (exact) mass is 260 g/mol. The van der Waals surface area contributed by atoms with E-state index in [-0.39, 0.29) is 12.3 Å². The second-order valence-electron chi connectivity index (χ2n) is 2.70. The molecule has 0 fully saturated rings. The maximum atomic E-state index is 12.2. The Kier molecular flexibility index (Phi) is 6.10. The first-order valence-corrected chi connectivity index (χ1v) is 5.23. The fourth-order valence-corrected chi connectivity index (χ4v) is 1.56. The summed E-state index contributed by atoms with van der Waals surface area (Å²) in [5, 5.41) is -2.34. The summed E-state index contributed by atoms with van der Waals surface area (Å²) in [6.07, 6.45) is 2.64. The van der Waals surface area contributed by atoms with Crippen molar-refractivity contribution in [1.82, 2.24) is 0 Å². The van der Waals surface area contributed by atoms with E-state index in [1.807, 2.05) is 0 Å². The molecule has 12 heavy (non-hydrogen) atoms. The SMILES string of the molecule is C=CCC(CBr)CCC(F)(F)Cl. The van der Waals surface area contributed by atoms with Crippen LogP contribution in [-0.4, -0.2) is 10.7 Å². The summed E-state index contributed by atoms with van der Waals surface area (Å²) < 4.78 is 24.4. The maximum Gasteiger partial charge on any atom is 0.321 e. The van der Waals surface area contributed by atoms with E-state index in [2.05, 4.69) is 22.5 Å². The van der Waals surface area contributed by atoms with Gasteiger partial charge in [0.2, 0.25) is 0 Å². The Labute approximate surface area is 85.1 Å². The zero-order valence-electron chi connectivity index (χ0n) is 6.70. The quantitative estimate of drug-likeness (QED) is 0.497. The zero-order chi connectivity index (χ0) is 9.61. The average Bonchev–Trinajstić information content (AvgIpc) is 1.96. The van der Waals surface area contributed by atoms with Crippen molar-refractivity contribution in [3.05, 3.63) is 12.7 Å². The van der Waals surface area contributed by atoms with Crippen LogP contribution in [0.5, 0.6) is 0 Å². The van der Waals surface area contributed by atoms with Gasteiger partial charge in [0.15, 0.2) is 0 Å². The molecule has 72 valence electrons. The van der Waals surface area contributed by atoms with Gasteiger partial charge in [-0.15, -0.1) is 6.58 Å². The van der Waals surface area contributed by atoms with Gasteiger partial charge in [-0.05, 0) is 30.4 Å². The molecule has 0 heterocycles. The van der Waals surface area contributed by atoms with Crippen molar-refractivity contribution in [2.24, 2.45) is 5.92 Å². The van der Waals surface area contributed by atoms with Gasteiger partial charge in [0, 0.05) is 11.8 Å². The molecule has 0 aromatic heterocycles. The van der Waals surface area contributed by atoms with Gasteiger partial charge in [0.25, 0.3) is 0 Å². The molecular weight excluding hydrogens is 249 g/mol. The Bertz CT molecular complexity index is 134. The lowest BCUT2D eigenvalue weighted by Gasteiger charge is -2.13. The van der Waals surface area contributed by atoms with E-state index >= 15 is 0 Å². The molecule has 0 aromatic carbocycles. The number of hydrogen-bond acceptors (Lipinski definition) is 0. The highest BCUT2D eigenvalue weighted by Gasteiger charge is 2.25. The van der Waals surface area contributed by atoms with Gasteiger partial charge >= 0.3 is 5.38 Å². The molecule has 4 heteroatoms. The first-order valence-electron chi connectivity index (χ1n) is 3.73. The van der Waals surface area contributed by atoms with Crippen LogP contribution in [0.15, 0.2) is 12.7 Å². The molecule has 0 bridgehead atoms. The van der Waals surface area contributed by atoms with Crippen molar-refractivity contribution >= 4 is 27.5 Å². The van der Waals surface area contributed by atoms with E-state index in [0.29, 0.717) is 11.8 Å². The van der Waals surface area contributed by atoms with E-state index in [1.54, 1.807) is 6.08 Å². The van der Waals surface area contributed by atoms with Crippen LogP contribution in [0.1, 0.15) is 19.3 Å². The molecule has 0 aromatic rings. The van der Waals surface area contributed by atoms with Gasteiger partial charge in [-0.25, -0.2) is 0 Å². The lowest BCUT2D eigenvalue weighted by atomic mass is 10.0. The average molecular weight is 262 g/mol. The summed E-state index contributed by atoms with van der Waals surface area (Å²) in [6, 6.07) is 0. The van der Waals surface area contributed by atoms with Crippen LogP contribution < -0.4 is 0 Å². The Morgan fingerprint density at radius 3 is 2.50 bits per heavy atom. The largest absolute Gasteiger partial charge is 0.321 e. The van der Waals surface area contributed by atoms with E-state index < -0.39 is 5.38 Å². The van der Waals surface area contributed by atoms with Gasteiger partial charge < -0.3 is 0 Å². The van der Waals surface area contributed by atoms with Crippen LogP contribution in [0.4, 0.5) is 8.78 Å². The first-order chi connectivity index (χ1) is 5.49. The minimum absolute atomic E-state index is 0.215. The molecule has 0 saturated heterocycles. The maximum absolute atomic E-state index is 12.2. The lowest BCUT2D eigenvalue weighted by Crippen LogP contribution is -2.10. The van der Waals surface area contributed by atoms with E-state index in [9.17, 15) is 8.78 Å². The standard InChI is InChI=1S/C8H12BrClF2/c1-2-3-7(6-9)4-5-8(10,11)12/h2,7H,1,3-6H2. The van der Waals surface area contributed by atoms with Crippen LogP contribution in [0.3, 0.4) is 0 Å². The van der Waals surface area contributed by atoms with Crippen LogP contribution in [0, 0.1) is 5.92 Å². The summed E-state index contributed by atoms with van der Waals surface area (Å²) in [5.74, 6) is 0.215. The highest BCUT2D eigenvalue weighted by molar-refractivity contribution is 9.09. The topological polar surface area (TPSA) is 0 Å². The van der Waals surface area contributed by atoms with Crippen molar-refractivity contribution in [2.75, 3.05) is 5.33 Å². The molecule has 0 aliphatic rings. The summed E-state index contributed by atoms with van der Waals surface area (Å²) in [5.41, 5.74) is 0. The van der Waals surface area contributed by atoms with Crippen LogP contribution in [0.25, 0.3) is 0 Å². The molecular formula is C8H12BrClF2. The highest BCUT2D eigenvalue weighted by Crippen LogP contribution is 2.28. The molecule has 0 nitrogen and oxygen atoms in total. The van der Waals surface area contributed by atoms with Crippen LogP contribution in [0.2, 0.25) is 0 Å². The lowest BCUT2D eigenvalue weighted by molar-refractivity contribution is 0.0791. The summed E-state index contributed by atoms with van der Waals surface area (Å²) >= 11 is 8.01. The third-order valence-electron chi connectivity index (χ3n) is 1.55. The van der Waals surface area contributed by atoms with Crippen molar-refractivity contribution in [2.45, 2.75) is 24.6 Å². The van der Waals surface area contributed by atoms with E-state index in [0.717, 1.165) is 6.42 Å². The Hall–Kier alpha value is 0.370. The number of allylic oxidation sites excluding steroid dienone is 1. The highest BCUT2D eigenvalue weighted by atomic mass is 79.9. The first kappa shape index (κ1) is 12.4. The number of halogens is 4. The number of rotatable bonds is 6. The second kappa shape index (κ2) is 5.92. The molecule has 0 saturated carbocycles. The van der Waals surface area contributed by atoms with Gasteiger partial charge in [-0.3, -0.25) is 0 Å². The van der Waals surface area contributed by atoms with Gasteiger partial charge in [0.1, 0.15) is 0 Å². The van der Waals surface area contributed by atoms with Crippen LogP contribution in [-0.2, 0) is 0 Å². The molecule has 0 N–H and O–H groups in total. The Morgan fingerprint density at radius 2 is 2.17 bits per heavy atom. The third kappa shape index (κ3) is 7.04. The van der Waals surface area contributed by atoms with E-state index in [1.165, 1.54) is 0 Å². The van der Waals surface area contributed by atoms with Crippen molar-refractivity contribution < 1.29 is 8.78 Å². The fraction of sp³-hybridized carbons (Fsp3) is 0.750. The van der Waals surface area contributed by atoms with Crippen molar-refractivity contribution in [3.8, 4) is 0 Å². The summed E-state index contributed by atoms with van der Waals surface area (Å²) in [4.78, 5) is 0. The molecule has 0 spiro atoms. The normalized spacial score (nSPS) is 14.3. The fourth-order valence-electron chi connectivity index (χ4n) is 0.861. The predicted molar refractivity (Wildman–Crippen MR) is 52.1 cm³/mol. The van der Waals surface area contributed by atoms with Gasteiger partial charge in [-0.1, -0.05) is 22.0 Å². The minimum atomic E-state index is -3.05. The summed E-state index contributed by atoms with van der Waals surface area (Å²) in [6.45, 7) is 3.55. The zero-order valence-corrected chi connectivity index (χ0v) is 9.04.